The van der Waals surface area contributed by atoms with Crippen molar-refractivity contribution in [3.63, 3.8) is 0 Å². The SMILES string of the molecule is Cc1nc(-c2csc(-c3cccc(N)c3)n2)c(C)s1. The van der Waals surface area contributed by atoms with E-state index >= 15 is 0 Å². The van der Waals surface area contributed by atoms with E-state index in [2.05, 4.69) is 22.3 Å². The third kappa shape index (κ3) is 2.39. The maximum atomic E-state index is 5.81. The second-order valence-corrected chi connectivity index (χ2v) is 6.57. The largest absolute Gasteiger partial charge is 0.399 e. The second-order valence-electron chi connectivity index (χ2n) is 4.30. The summed E-state index contributed by atoms with van der Waals surface area (Å²) in [5, 5.41) is 4.11. The molecule has 0 spiro atoms. The summed E-state index contributed by atoms with van der Waals surface area (Å²) in [4.78, 5) is 10.4. The van der Waals surface area contributed by atoms with Crippen molar-refractivity contribution in [1.29, 1.82) is 0 Å². The maximum Gasteiger partial charge on any atom is 0.124 e. The molecule has 2 heterocycles. The Morgan fingerprint density at radius 3 is 2.68 bits per heavy atom. The van der Waals surface area contributed by atoms with Crippen LogP contribution >= 0.6 is 22.7 Å². The Hall–Kier alpha value is -1.72. The number of anilines is 1. The summed E-state index contributed by atoms with van der Waals surface area (Å²) >= 11 is 3.33. The lowest BCUT2D eigenvalue weighted by Crippen LogP contribution is -1.85. The first-order valence-corrected chi connectivity index (χ1v) is 7.59. The highest BCUT2D eigenvalue weighted by Crippen LogP contribution is 2.32. The summed E-state index contributed by atoms with van der Waals surface area (Å²) in [5.74, 6) is 0. The Morgan fingerprint density at radius 2 is 2.00 bits per heavy atom. The van der Waals surface area contributed by atoms with Crippen LogP contribution in [0.3, 0.4) is 0 Å². The first kappa shape index (κ1) is 12.3. The van der Waals surface area contributed by atoms with Gasteiger partial charge >= 0.3 is 0 Å². The lowest BCUT2D eigenvalue weighted by Gasteiger charge is -1.97. The van der Waals surface area contributed by atoms with Crippen molar-refractivity contribution in [2.75, 3.05) is 5.73 Å². The fourth-order valence-corrected chi connectivity index (χ4v) is 3.58. The molecule has 0 saturated heterocycles. The van der Waals surface area contributed by atoms with Crippen molar-refractivity contribution in [3.05, 3.63) is 39.5 Å². The van der Waals surface area contributed by atoms with Gasteiger partial charge in [0.2, 0.25) is 0 Å². The molecule has 3 nitrogen and oxygen atoms in total. The maximum absolute atomic E-state index is 5.81. The molecule has 0 saturated carbocycles. The Kier molecular flexibility index (Phi) is 3.08. The Morgan fingerprint density at radius 1 is 1.16 bits per heavy atom. The van der Waals surface area contributed by atoms with Crippen molar-refractivity contribution in [3.8, 4) is 22.0 Å². The standard InChI is InChI=1S/C14H13N3S2/c1-8-13(16-9(2)19-8)12-7-18-14(17-12)10-4-3-5-11(15)6-10/h3-7H,15H2,1-2H3. The smallest absolute Gasteiger partial charge is 0.124 e. The molecular weight excluding hydrogens is 274 g/mol. The molecule has 0 radical (unpaired) electrons. The first-order valence-electron chi connectivity index (χ1n) is 5.89. The zero-order chi connectivity index (χ0) is 13.4. The lowest BCUT2D eigenvalue weighted by atomic mass is 10.2. The molecule has 1 aromatic carbocycles. The molecular formula is C14H13N3S2. The summed E-state index contributed by atoms with van der Waals surface area (Å²) in [7, 11) is 0. The van der Waals surface area contributed by atoms with Gasteiger partial charge in [-0.1, -0.05) is 12.1 Å². The highest BCUT2D eigenvalue weighted by Gasteiger charge is 2.12. The van der Waals surface area contributed by atoms with Gasteiger partial charge in [0.15, 0.2) is 0 Å². The summed E-state index contributed by atoms with van der Waals surface area (Å²) in [6, 6.07) is 7.80. The summed E-state index contributed by atoms with van der Waals surface area (Å²) in [6.45, 7) is 4.10. The molecule has 0 unspecified atom stereocenters. The number of hydrogen-bond donors (Lipinski definition) is 1. The molecule has 3 rings (SSSR count). The highest BCUT2D eigenvalue weighted by atomic mass is 32.1. The van der Waals surface area contributed by atoms with Crippen LogP contribution in [-0.4, -0.2) is 9.97 Å². The first-order chi connectivity index (χ1) is 9.13. The van der Waals surface area contributed by atoms with E-state index in [0.29, 0.717) is 0 Å². The Labute approximate surface area is 119 Å². The van der Waals surface area contributed by atoms with Crippen LogP contribution in [0.25, 0.3) is 22.0 Å². The predicted molar refractivity (Wildman–Crippen MR) is 82.5 cm³/mol. The predicted octanol–water partition coefficient (Wildman–Crippen LogP) is 4.13. The van der Waals surface area contributed by atoms with E-state index in [4.69, 9.17) is 5.73 Å². The van der Waals surface area contributed by atoms with E-state index in [9.17, 15) is 0 Å². The average molecular weight is 287 g/mol. The Bertz CT molecular complexity index is 728. The van der Waals surface area contributed by atoms with Crippen molar-refractivity contribution >= 4 is 28.4 Å². The molecule has 0 atom stereocenters. The normalized spacial score (nSPS) is 10.8. The minimum atomic E-state index is 0.759. The lowest BCUT2D eigenvalue weighted by molar-refractivity contribution is 1.25. The fraction of sp³-hybridized carbons (Fsp3) is 0.143. The van der Waals surface area contributed by atoms with Gasteiger partial charge in [-0.2, -0.15) is 0 Å². The van der Waals surface area contributed by atoms with E-state index in [1.54, 1.807) is 22.7 Å². The van der Waals surface area contributed by atoms with Gasteiger partial charge in [-0.05, 0) is 26.0 Å². The second kappa shape index (κ2) is 4.75. The van der Waals surface area contributed by atoms with Gasteiger partial charge in [0, 0.05) is 21.5 Å². The molecule has 0 fully saturated rings. The monoisotopic (exact) mass is 287 g/mol. The van der Waals surface area contributed by atoms with Gasteiger partial charge in [0.25, 0.3) is 0 Å². The molecule has 19 heavy (non-hydrogen) atoms. The number of thiazole rings is 2. The van der Waals surface area contributed by atoms with Crippen molar-refractivity contribution in [2.24, 2.45) is 0 Å². The quantitative estimate of drug-likeness (QED) is 0.721. The van der Waals surface area contributed by atoms with E-state index < -0.39 is 0 Å². The summed E-state index contributed by atoms with van der Waals surface area (Å²) < 4.78 is 0. The van der Waals surface area contributed by atoms with Gasteiger partial charge in [0.1, 0.15) is 16.4 Å². The summed E-state index contributed by atoms with van der Waals surface area (Å²) in [5.41, 5.74) is 9.57. The van der Waals surface area contributed by atoms with E-state index in [-0.39, 0.29) is 0 Å². The number of rotatable bonds is 2. The van der Waals surface area contributed by atoms with Gasteiger partial charge in [0.05, 0.1) is 5.01 Å². The Balaban J connectivity index is 2.02. The van der Waals surface area contributed by atoms with Gasteiger partial charge < -0.3 is 5.73 Å². The zero-order valence-corrected chi connectivity index (χ0v) is 12.3. The van der Waals surface area contributed by atoms with E-state index in [1.807, 2.05) is 31.2 Å². The number of nitrogens with two attached hydrogens (primary N) is 1. The molecule has 0 aliphatic heterocycles. The van der Waals surface area contributed by atoms with Gasteiger partial charge in [-0.15, -0.1) is 22.7 Å². The van der Waals surface area contributed by atoms with Crippen LogP contribution in [0.1, 0.15) is 9.88 Å². The van der Waals surface area contributed by atoms with Crippen LogP contribution in [0.5, 0.6) is 0 Å². The molecule has 0 amide bonds. The van der Waals surface area contributed by atoms with E-state index in [0.717, 1.165) is 32.7 Å². The van der Waals surface area contributed by atoms with Crippen molar-refractivity contribution in [2.45, 2.75) is 13.8 Å². The molecule has 96 valence electrons. The minimum Gasteiger partial charge on any atom is -0.399 e. The average Bonchev–Trinajstić information content (AvgIpc) is 2.96. The van der Waals surface area contributed by atoms with Crippen LogP contribution < -0.4 is 5.73 Å². The van der Waals surface area contributed by atoms with Crippen LogP contribution in [-0.2, 0) is 0 Å². The van der Waals surface area contributed by atoms with Crippen LogP contribution in [0, 0.1) is 13.8 Å². The molecule has 0 bridgehead atoms. The van der Waals surface area contributed by atoms with Crippen LogP contribution in [0.2, 0.25) is 0 Å². The zero-order valence-electron chi connectivity index (χ0n) is 10.7. The molecule has 5 heteroatoms. The molecule has 2 aromatic heterocycles. The van der Waals surface area contributed by atoms with E-state index in [1.165, 1.54) is 4.88 Å². The number of hydrogen-bond acceptors (Lipinski definition) is 5. The van der Waals surface area contributed by atoms with Crippen molar-refractivity contribution in [1.82, 2.24) is 9.97 Å². The van der Waals surface area contributed by atoms with Crippen LogP contribution in [0.15, 0.2) is 29.6 Å². The van der Waals surface area contributed by atoms with Crippen LogP contribution in [0.4, 0.5) is 5.69 Å². The molecule has 0 aliphatic carbocycles. The minimum absolute atomic E-state index is 0.759. The molecule has 3 aromatic rings. The number of aromatic nitrogens is 2. The molecule has 0 aliphatic rings. The van der Waals surface area contributed by atoms with Gasteiger partial charge in [-0.25, -0.2) is 9.97 Å². The third-order valence-corrected chi connectivity index (χ3v) is 4.56. The van der Waals surface area contributed by atoms with Crippen molar-refractivity contribution < 1.29 is 0 Å². The topological polar surface area (TPSA) is 51.8 Å². The summed E-state index contributed by atoms with van der Waals surface area (Å²) in [6.07, 6.45) is 0. The number of nitrogens with zero attached hydrogens (tertiary/aromatic N) is 2. The number of nitrogen functional groups attached to an aromatic ring is 1. The van der Waals surface area contributed by atoms with Gasteiger partial charge in [-0.3, -0.25) is 0 Å². The molecule has 2 N–H and O–H groups in total. The third-order valence-electron chi connectivity index (χ3n) is 2.78. The number of aryl methyl sites for hydroxylation is 2. The number of benzene rings is 1. The highest BCUT2D eigenvalue weighted by molar-refractivity contribution is 7.13. The fourth-order valence-electron chi connectivity index (χ4n) is 1.95.